The maximum absolute atomic E-state index is 12.1. The molecule has 0 spiro atoms. The lowest BCUT2D eigenvalue weighted by molar-refractivity contribution is 0.0925. The lowest BCUT2D eigenvalue weighted by Gasteiger charge is -2.21. The number of nitrogens with one attached hydrogen (secondary N) is 1. The molecule has 1 aromatic carbocycles. The average Bonchev–Trinajstić information content (AvgIpc) is 2.79. The molecular weight excluding hydrogens is 347 g/mol. The topological polar surface area (TPSA) is 52.9 Å². The summed E-state index contributed by atoms with van der Waals surface area (Å²) in [7, 11) is 0. The molecule has 0 aromatic heterocycles. The summed E-state index contributed by atoms with van der Waals surface area (Å²) in [6, 6.07) is 9.64. The molecule has 2 rings (SSSR count). The van der Waals surface area contributed by atoms with Crippen LogP contribution < -0.4 is 5.32 Å². The summed E-state index contributed by atoms with van der Waals surface area (Å²) in [5, 5.41) is 12.1. The predicted molar refractivity (Wildman–Crippen MR) is 76.9 cm³/mol. The van der Waals surface area contributed by atoms with E-state index in [0.29, 0.717) is 11.3 Å². The van der Waals surface area contributed by atoms with Crippen molar-refractivity contribution >= 4 is 40.3 Å². The van der Waals surface area contributed by atoms with Crippen molar-refractivity contribution in [1.29, 1.82) is 5.26 Å². The van der Waals surface area contributed by atoms with Gasteiger partial charge in [0.25, 0.3) is 5.91 Å². The zero-order valence-electron chi connectivity index (χ0n) is 9.07. The molecule has 1 aromatic rings. The molecule has 0 bridgehead atoms. The van der Waals surface area contributed by atoms with Gasteiger partial charge < -0.3 is 5.32 Å². The number of carbonyl (C=O) groups excluding carboxylic acids is 1. The average molecular weight is 358 g/mol. The van der Waals surface area contributed by atoms with Crippen LogP contribution in [0.1, 0.15) is 16.8 Å². The second-order valence-corrected chi connectivity index (χ2v) is 6.20. The summed E-state index contributed by atoms with van der Waals surface area (Å²) in [6.45, 7) is 0. The lowest BCUT2D eigenvalue weighted by atomic mass is 10.0. The van der Waals surface area contributed by atoms with Crippen LogP contribution in [-0.4, -0.2) is 23.0 Å². The molecule has 0 saturated carbocycles. The van der Waals surface area contributed by atoms with E-state index >= 15 is 0 Å². The number of nitriles is 1. The molecule has 1 aliphatic rings. The SMILES string of the molecule is N#CC1(NC(=O)c2ccccc2I)CCSC1. The van der Waals surface area contributed by atoms with Crippen LogP contribution in [0.4, 0.5) is 0 Å². The van der Waals surface area contributed by atoms with Crippen molar-refractivity contribution in [2.45, 2.75) is 12.0 Å². The van der Waals surface area contributed by atoms with Crippen molar-refractivity contribution in [2.75, 3.05) is 11.5 Å². The van der Waals surface area contributed by atoms with Crippen molar-refractivity contribution in [3.8, 4) is 6.07 Å². The summed E-state index contributed by atoms with van der Waals surface area (Å²) in [5.74, 6) is 1.46. The molecule has 1 unspecified atom stereocenters. The third kappa shape index (κ3) is 2.75. The number of amides is 1. The zero-order chi connectivity index (χ0) is 12.3. The Hall–Kier alpha value is -0.740. The van der Waals surface area contributed by atoms with Gasteiger partial charge in [-0.2, -0.15) is 17.0 Å². The van der Waals surface area contributed by atoms with Crippen LogP contribution in [0.5, 0.6) is 0 Å². The van der Waals surface area contributed by atoms with Gasteiger partial charge in [0.2, 0.25) is 0 Å². The highest BCUT2D eigenvalue weighted by atomic mass is 127. The van der Waals surface area contributed by atoms with E-state index in [1.807, 2.05) is 18.2 Å². The van der Waals surface area contributed by atoms with Gasteiger partial charge in [0.05, 0.1) is 11.6 Å². The van der Waals surface area contributed by atoms with Crippen molar-refractivity contribution in [2.24, 2.45) is 0 Å². The standard InChI is InChI=1S/C12H11IN2OS/c13-10-4-2-1-3-9(10)11(16)15-12(7-14)5-6-17-8-12/h1-4H,5-6,8H2,(H,15,16). The molecule has 1 fully saturated rings. The summed E-state index contributed by atoms with van der Waals surface area (Å²) in [4.78, 5) is 12.1. The molecule has 0 radical (unpaired) electrons. The Labute approximate surface area is 118 Å². The third-order valence-corrected chi connectivity index (χ3v) is 4.84. The fourth-order valence-corrected chi connectivity index (χ4v) is 3.61. The minimum absolute atomic E-state index is 0.154. The highest BCUT2D eigenvalue weighted by molar-refractivity contribution is 14.1. The van der Waals surface area contributed by atoms with Crippen molar-refractivity contribution in [1.82, 2.24) is 5.32 Å². The molecular formula is C12H11IN2OS. The quantitative estimate of drug-likeness (QED) is 0.827. The Morgan fingerprint density at radius 1 is 1.53 bits per heavy atom. The maximum Gasteiger partial charge on any atom is 0.253 e. The molecule has 1 atom stereocenters. The van der Waals surface area contributed by atoms with Gasteiger partial charge in [-0.3, -0.25) is 4.79 Å². The lowest BCUT2D eigenvalue weighted by Crippen LogP contribution is -2.47. The first-order valence-corrected chi connectivity index (χ1v) is 7.46. The van der Waals surface area contributed by atoms with E-state index < -0.39 is 5.54 Å². The Bertz CT molecular complexity index is 478. The van der Waals surface area contributed by atoms with Crippen molar-refractivity contribution in [3.63, 3.8) is 0 Å². The molecule has 1 saturated heterocycles. The molecule has 1 amide bonds. The maximum atomic E-state index is 12.1. The molecule has 0 aliphatic carbocycles. The molecule has 88 valence electrons. The van der Waals surface area contributed by atoms with Gasteiger partial charge in [-0.15, -0.1) is 0 Å². The fourth-order valence-electron chi connectivity index (χ4n) is 1.71. The molecule has 1 aliphatic heterocycles. The highest BCUT2D eigenvalue weighted by Crippen LogP contribution is 2.27. The number of hydrogen-bond acceptors (Lipinski definition) is 3. The number of thioether (sulfide) groups is 1. The zero-order valence-corrected chi connectivity index (χ0v) is 12.0. The van der Waals surface area contributed by atoms with Crippen molar-refractivity contribution < 1.29 is 4.79 Å². The minimum atomic E-state index is -0.680. The van der Waals surface area contributed by atoms with E-state index in [-0.39, 0.29) is 5.91 Å². The van der Waals surface area contributed by atoms with E-state index in [1.165, 1.54) is 0 Å². The Kier molecular flexibility index (Phi) is 3.94. The van der Waals surface area contributed by atoms with Crippen LogP contribution >= 0.6 is 34.4 Å². The van der Waals surface area contributed by atoms with E-state index in [0.717, 1.165) is 15.7 Å². The number of halogens is 1. The molecule has 3 nitrogen and oxygen atoms in total. The number of benzene rings is 1. The second kappa shape index (κ2) is 5.27. The number of carbonyl (C=O) groups is 1. The smallest absolute Gasteiger partial charge is 0.253 e. The summed E-state index contributed by atoms with van der Waals surface area (Å²) in [6.07, 6.45) is 0.726. The van der Waals surface area contributed by atoms with Crippen LogP contribution in [0.25, 0.3) is 0 Å². The second-order valence-electron chi connectivity index (χ2n) is 3.93. The molecule has 1 N–H and O–H groups in total. The van der Waals surface area contributed by atoms with E-state index in [9.17, 15) is 10.1 Å². The molecule has 1 heterocycles. The van der Waals surface area contributed by atoms with Gasteiger partial charge in [0.15, 0.2) is 0 Å². The van der Waals surface area contributed by atoms with Gasteiger partial charge in [-0.1, -0.05) is 12.1 Å². The summed E-state index contributed by atoms with van der Waals surface area (Å²) in [5.41, 5.74) is -0.0413. The third-order valence-electron chi connectivity index (χ3n) is 2.71. The van der Waals surface area contributed by atoms with E-state index in [1.54, 1.807) is 17.8 Å². The van der Waals surface area contributed by atoms with Gasteiger partial charge in [-0.05, 0) is 46.9 Å². The van der Waals surface area contributed by atoms with Crippen LogP contribution in [0.3, 0.4) is 0 Å². The van der Waals surface area contributed by atoms with Crippen molar-refractivity contribution in [3.05, 3.63) is 33.4 Å². The Morgan fingerprint density at radius 2 is 2.29 bits per heavy atom. The van der Waals surface area contributed by atoms with Gasteiger partial charge in [0, 0.05) is 9.32 Å². The number of rotatable bonds is 2. The largest absolute Gasteiger partial charge is 0.333 e. The Morgan fingerprint density at radius 3 is 2.88 bits per heavy atom. The van der Waals surface area contributed by atoms with Crippen LogP contribution in [-0.2, 0) is 0 Å². The fraction of sp³-hybridized carbons (Fsp3) is 0.333. The van der Waals surface area contributed by atoms with Gasteiger partial charge in [0.1, 0.15) is 5.54 Å². The van der Waals surface area contributed by atoms with Crippen LogP contribution in [0.2, 0.25) is 0 Å². The Balaban J connectivity index is 2.17. The highest BCUT2D eigenvalue weighted by Gasteiger charge is 2.36. The number of nitrogens with zero attached hydrogens (tertiary/aromatic N) is 1. The molecule has 17 heavy (non-hydrogen) atoms. The summed E-state index contributed by atoms with van der Waals surface area (Å²) < 4.78 is 0.904. The van der Waals surface area contributed by atoms with Gasteiger partial charge >= 0.3 is 0 Å². The minimum Gasteiger partial charge on any atom is -0.333 e. The summed E-state index contributed by atoms with van der Waals surface area (Å²) >= 11 is 3.84. The van der Waals surface area contributed by atoms with Crippen LogP contribution in [0.15, 0.2) is 24.3 Å². The van der Waals surface area contributed by atoms with Crippen LogP contribution in [0, 0.1) is 14.9 Å². The van der Waals surface area contributed by atoms with E-state index in [4.69, 9.17) is 0 Å². The molecule has 5 heteroatoms. The first-order valence-electron chi connectivity index (χ1n) is 5.23. The van der Waals surface area contributed by atoms with Gasteiger partial charge in [-0.25, -0.2) is 0 Å². The first kappa shape index (κ1) is 12.7. The monoisotopic (exact) mass is 358 g/mol. The first-order chi connectivity index (χ1) is 8.17. The predicted octanol–water partition coefficient (Wildman–Crippen LogP) is 2.42. The van der Waals surface area contributed by atoms with E-state index in [2.05, 4.69) is 34.0 Å². The normalized spacial score (nSPS) is 23.1. The number of hydrogen-bond donors (Lipinski definition) is 1.